The molecule has 0 fully saturated rings. The molecule has 10 nitrogen and oxygen atoms in total. The lowest BCUT2D eigenvalue weighted by molar-refractivity contribution is -0.137. The van der Waals surface area contributed by atoms with Gasteiger partial charge in [-0.1, -0.05) is 49.4 Å². The molecule has 1 aliphatic rings. The lowest BCUT2D eigenvalue weighted by atomic mass is 9.99. The summed E-state index contributed by atoms with van der Waals surface area (Å²) in [5, 5.41) is 20.0. The zero-order valence-electron chi connectivity index (χ0n) is 26.5. The number of anilines is 3. The van der Waals surface area contributed by atoms with Gasteiger partial charge in [0.1, 0.15) is 6.10 Å². The molecule has 0 aromatic heterocycles. The number of ether oxygens (including phenoxy) is 1. The summed E-state index contributed by atoms with van der Waals surface area (Å²) >= 11 is 0. The van der Waals surface area contributed by atoms with Gasteiger partial charge in [-0.15, -0.1) is 0 Å². The molecule has 0 bridgehead atoms. The fourth-order valence-corrected chi connectivity index (χ4v) is 5.48. The van der Waals surface area contributed by atoms with Gasteiger partial charge in [-0.3, -0.25) is 4.79 Å². The van der Waals surface area contributed by atoms with Crippen LogP contribution in [0, 0.1) is 5.92 Å². The number of amides is 5. The molecular weight excluding hydrogens is 627 g/mol. The number of hydrogen-bond acceptors (Lipinski definition) is 5. The summed E-state index contributed by atoms with van der Waals surface area (Å²) in [6, 6.07) is 20.3. The summed E-state index contributed by atoms with van der Waals surface area (Å²) in [5.41, 5.74) is 0.291. The summed E-state index contributed by atoms with van der Waals surface area (Å²) < 4.78 is 45.4. The van der Waals surface area contributed by atoms with Crippen molar-refractivity contribution in [3.05, 3.63) is 96.1 Å². The van der Waals surface area contributed by atoms with Gasteiger partial charge in [0, 0.05) is 30.6 Å². The molecule has 0 radical (unpaired) electrons. The van der Waals surface area contributed by atoms with E-state index in [1.807, 2.05) is 43.3 Å². The van der Waals surface area contributed by atoms with Crippen LogP contribution in [0.25, 0.3) is 10.8 Å². The average Bonchev–Trinajstić information content (AvgIpc) is 3.06. The first-order valence-corrected chi connectivity index (χ1v) is 15.3. The van der Waals surface area contributed by atoms with E-state index in [1.54, 1.807) is 31.2 Å². The van der Waals surface area contributed by atoms with Crippen LogP contribution in [0.4, 0.5) is 39.8 Å². The molecule has 48 heavy (non-hydrogen) atoms. The van der Waals surface area contributed by atoms with Crippen LogP contribution in [0.5, 0.6) is 5.75 Å². The smallest absolute Gasteiger partial charge is 0.416 e. The lowest BCUT2D eigenvalue weighted by Crippen LogP contribution is -2.50. The maximum absolute atomic E-state index is 13.8. The highest BCUT2D eigenvalue weighted by Crippen LogP contribution is 2.35. The number of halogens is 3. The summed E-state index contributed by atoms with van der Waals surface area (Å²) in [7, 11) is 1.51. The molecular formula is C35H36F3N5O5. The van der Waals surface area contributed by atoms with Gasteiger partial charge >= 0.3 is 18.2 Å². The molecule has 4 aromatic carbocycles. The number of hydrogen-bond donors (Lipinski definition) is 4. The van der Waals surface area contributed by atoms with E-state index in [0.29, 0.717) is 5.69 Å². The number of aliphatic hydroxyl groups is 1. The number of nitrogens with zero attached hydrogens (tertiary/aromatic N) is 2. The van der Waals surface area contributed by atoms with Crippen molar-refractivity contribution in [1.82, 2.24) is 9.80 Å². The number of likely N-dealkylation sites (N-methyl/N-ethyl adjacent to an activating group) is 1. The monoisotopic (exact) mass is 663 g/mol. The van der Waals surface area contributed by atoms with Crippen LogP contribution in [0.1, 0.15) is 29.8 Å². The van der Waals surface area contributed by atoms with Crippen LogP contribution in [0.3, 0.4) is 0 Å². The van der Waals surface area contributed by atoms with E-state index in [2.05, 4.69) is 16.0 Å². The molecule has 5 amide bonds. The highest BCUT2D eigenvalue weighted by molar-refractivity contribution is 6.08. The highest BCUT2D eigenvalue weighted by atomic mass is 19.4. The number of carbonyl (C=O) groups excluding carboxylic acids is 3. The number of nitrogens with one attached hydrogen (secondary N) is 3. The number of para-hydroxylation sites is 1. The maximum atomic E-state index is 13.8. The zero-order chi connectivity index (χ0) is 34.6. The SMILES string of the molecule is C[C@H]1CN([C@@H](C)CO)C(=O)c2cccc(NC(=O)Nc3cccc4ccccc34)c2O[C@@H]1CN(C)C(=O)Nc1ccc(C(F)(F)F)cc1. The van der Waals surface area contributed by atoms with E-state index in [0.717, 1.165) is 22.9 Å². The zero-order valence-corrected chi connectivity index (χ0v) is 26.5. The van der Waals surface area contributed by atoms with Crippen LogP contribution in [0.2, 0.25) is 0 Å². The first kappa shape index (κ1) is 34.0. The summed E-state index contributed by atoms with van der Waals surface area (Å²) in [4.78, 5) is 43.0. The van der Waals surface area contributed by atoms with E-state index in [1.165, 1.54) is 29.0 Å². The van der Waals surface area contributed by atoms with Crippen LogP contribution in [0.15, 0.2) is 84.9 Å². The fourth-order valence-electron chi connectivity index (χ4n) is 5.48. The second kappa shape index (κ2) is 14.2. The largest absolute Gasteiger partial charge is 0.485 e. The molecule has 0 saturated carbocycles. The molecule has 3 atom stereocenters. The molecule has 0 aliphatic carbocycles. The van der Waals surface area contributed by atoms with Gasteiger partial charge < -0.3 is 35.6 Å². The molecule has 252 valence electrons. The van der Waals surface area contributed by atoms with Crippen LogP contribution >= 0.6 is 0 Å². The third kappa shape index (κ3) is 7.63. The van der Waals surface area contributed by atoms with Crippen molar-refractivity contribution in [2.24, 2.45) is 5.92 Å². The highest BCUT2D eigenvalue weighted by Gasteiger charge is 2.35. The van der Waals surface area contributed by atoms with E-state index < -0.39 is 41.9 Å². The van der Waals surface area contributed by atoms with Gasteiger partial charge in [0.15, 0.2) is 5.75 Å². The lowest BCUT2D eigenvalue weighted by Gasteiger charge is -2.38. The number of aliphatic hydroxyl groups excluding tert-OH is 1. The predicted molar refractivity (Wildman–Crippen MR) is 177 cm³/mol. The number of urea groups is 2. The van der Waals surface area contributed by atoms with Gasteiger partial charge in [0.2, 0.25) is 0 Å². The second-order valence-corrected chi connectivity index (χ2v) is 11.8. The Labute approximate surface area is 275 Å². The Kier molecular flexibility index (Phi) is 10.1. The quantitative estimate of drug-likeness (QED) is 0.172. The van der Waals surface area contributed by atoms with Gasteiger partial charge in [-0.25, -0.2) is 9.59 Å². The molecule has 4 N–H and O–H groups in total. The van der Waals surface area contributed by atoms with Crippen molar-refractivity contribution in [2.75, 3.05) is 42.7 Å². The van der Waals surface area contributed by atoms with E-state index in [4.69, 9.17) is 4.74 Å². The molecule has 0 spiro atoms. The Morgan fingerprint density at radius 3 is 2.31 bits per heavy atom. The Balaban J connectivity index is 1.40. The first-order valence-electron chi connectivity index (χ1n) is 15.3. The van der Waals surface area contributed by atoms with Crippen molar-refractivity contribution < 1.29 is 37.4 Å². The Morgan fingerprint density at radius 1 is 0.958 bits per heavy atom. The van der Waals surface area contributed by atoms with E-state index in [-0.39, 0.29) is 48.3 Å². The third-order valence-electron chi connectivity index (χ3n) is 8.24. The summed E-state index contributed by atoms with van der Waals surface area (Å²) in [6.45, 7) is 3.47. The second-order valence-electron chi connectivity index (χ2n) is 11.8. The van der Waals surface area contributed by atoms with Gasteiger partial charge in [0.05, 0.1) is 41.7 Å². The topological polar surface area (TPSA) is 123 Å². The molecule has 1 heterocycles. The molecule has 4 aromatic rings. The number of rotatable bonds is 7. The van der Waals surface area contributed by atoms with Crippen molar-refractivity contribution in [2.45, 2.75) is 32.2 Å². The number of carbonyl (C=O) groups is 3. The van der Waals surface area contributed by atoms with Crippen LogP contribution in [-0.4, -0.2) is 71.8 Å². The van der Waals surface area contributed by atoms with E-state index >= 15 is 0 Å². The predicted octanol–water partition coefficient (Wildman–Crippen LogP) is 6.89. The van der Waals surface area contributed by atoms with Crippen molar-refractivity contribution >= 4 is 45.8 Å². The normalized spacial score (nSPS) is 17.0. The molecule has 13 heteroatoms. The standard InChI is InChI=1S/C35H36F3N5O5/c1-21-18-43(22(2)20-44)32(45)27-11-7-13-29(41-33(46)40-28-12-6-9-23-8-4-5-10-26(23)28)31(27)48-30(21)19-42(3)34(47)39-25-16-14-24(15-17-25)35(36,37)38/h4-17,21-22,30,44H,18-20H2,1-3H3,(H,39,47)(H2,40,41,46)/t21-,22-,30+/m0/s1. The van der Waals surface area contributed by atoms with Gasteiger partial charge in [0.25, 0.3) is 5.91 Å². The maximum Gasteiger partial charge on any atom is 0.416 e. The minimum Gasteiger partial charge on any atom is -0.485 e. The Hall–Kier alpha value is -5.30. The number of alkyl halides is 3. The van der Waals surface area contributed by atoms with Crippen molar-refractivity contribution in [3.8, 4) is 5.75 Å². The number of benzene rings is 4. The minimum atomic E-state index is -4.51. The molecule has 1 aliphatic heterocycles. The molecule has 0 unspecified atom stereocenters. The fraction of sp³-hybridized carbons (Fsp3) is 0.286. The van der Waals surface area contributed by atoms with Gasteiger partial charge in [-0.2, -0.15) is 13.2 Å². The average molecular weight is 664 g/mol. The molecule has 0 saturated heterocycles. The summed E-state index contributed by atoms with van der Waals surface area (Å²) in [5.74, 6) is -0.669. The van der Waals surface area contributed by atoms with Gasteiger partial charge in [-0.05, 0) is 54.8 Å². The molecule has 5 rings (SSSR count). The third-order valence-corrected chi connectivity index (χ3v) is 8.24. The Bertz CT molecular complexity index is 1790. The van der Waals surface area contributed by atoms with Crippen LogP contribution in [-0.2, 0) is 6.18 Å². The van der Waals surface area contributed by atoms with Crippen molar-refractivity contribution in [1.29, 1.82) is 0 Å². The Morgan fingerprint density at radius 2 is 1.60 bits per heavy atom. The summed E-state index contributed by atoms with van der Waals surface area (Å²) in [6.07, 6.45) is -5.22. The first-order chi connectivity index (χ1) is 22.8. The van der Waals surface area contributed by atoms with E-state index in [9.17, 15) is 32.7 Å². The van der Waals surface area contributed by atoms with Crippen molar-refractivity contribution in [3.63, 3.8) is 0 Å². The minimum absolute atomic E-state index is 0.0130. The number of fused-ring (bicyclic) bond motifs is 2. The van der Waals surface area contributed by atoms with Crippen LogP contribution < -0.4 is 20.7 Å².